The summed E-state index contributed by atoms with van der Waals surface area (Å²) < 4.78 is 107. The SMILES string of the molecule is CC(C)CCN(C(=O)c1cccc(C(F)(F)F)c1F)C(=O)c1cccc(C(F)(F)F)c1F. The van der Waals surface area contributed by atoms with E-state index in [9.17, 15) is 44.7 Å². The summed E-state index contributed by atoms with van der Waals surface area (Å²) in [6.45, 7) is 2.85. The van der Waals surface area contributed by atoms with E-state index in [1.54, 1.807) is 13.8 Å². The highest BCUT2D eigenvalue weighted by atomic mass is 19.4. The van der Waals surface area contributed by atoms with Crippen LogP contribution in [0.1, 0.15) is 52.1 Å². The van der Waals surface area contributed by atoms with E-state index in [4.69, 9.17) is 0 Å². The molecular formula is C21H17F8NO2. The number of imide groups is 1. The van der Waals surface area contributed by atoms with Gasteiger partial charge in [0, 0.05) is 6.54 Å². The molecule has 0 unspecified atom stereocenters. The van der Waals surface area contributed by atoms with E-state index >= 15 is 0 Å². The highest BCUT2D eigenvalue weighted by Gasteiger charge is 2.39. The predicted octanol–water partition coefficient (Wildman–Crippen LogP) is 6.33. The van der Waals surface area contributed by atoms with Crippen LogP contribution in [0, 0.1) is 17.6 Å². The van der Waals surface area contributed by atoms with Gasteiger partial charge in [-0.2, -0.15) is 26.3 Å². The number of carbonyl (C=O) groups is 2. The normalized spacial score (nSPS) is 12.2. The van der Waals surface area contributed by atoms with E-state index in [0.717, 1.165) is 12.1 Å². The Morgan fingerprint density at radius 2 is 1.16 bits per heavy atom. The minimum atomic E-state index is -5.14. The maximum absolute atomic E-state index is 14.4. The molecule has 2 aromatic rings. The molecule has 2 rings (SSSR count). The van der Waals surface area contributed by atoms with Crippen LogP contribution in [0.3, 0.4) is 0 Å². The fraction of sp³-hybridized carbons (Fsp3) is 0.333. The van der Waals surface area contributed by atoms with Crippen molar-refractivity contribution in [1.29, 1.82) is 0 Å². The molecule has 0 N–H and O–H groups in total. The Morgan fingerprint density at radius 1 is 0.781 bits per heavy atom. The standard InChI is InChI=1S/C21H17F8NO2/c1-11(2)9-10-30(18(31)12-5-3-7-14(16(12)22)20(24,25)26)19(32)13-6-4-8-15(17(13)23)21(27,28)29/h3-8,11H,9-10H2,1-2H3. The monoisotopic (exact) mass is 467 g/mol. The molecule has 3 nitrogen and oxygen atoms in total. The first-order valence-corrected chi connectivity index (χ1v) is 9.23. The van der Waals surface area contributed by atoms with Gasteiger partial charge in [-0.25, -0.2) is 8.78 Å². The molecule has 0 aliphatic rings. The molecule has 0 radical (unpaired) electrons. The van der Waals surface area contributed by atoms with Crippen molar-refractivity contribution in [2.24, 2.45) is 5.92 Å². The van der Waals surface area contributed by atoms with Gasteiger partial charge in [-0.1, -0.05) is 26.0 Å². The van der Waals surface area contributed by atoms with Gasteiger partial charge >= 0.3 is 12.4 Å². The molecule has 0 atom stereocenters. The molecule has 2 aromatic carbocycles. The number of amides is 2. The Balaban J connectivity index is 2.57. The van der Waals surface area contributed by atoms with E-state index in [0.29, 0.717) is 24.3 Å². The van der Waals surface area contributed by atoms with Gasteiger partial charge in [0.05, 0.1) is 22.3 Å². The minimum absolute atomic E-state index is 0.0820. The number of alkyl halides is 6. The van der Waals surface area contributed by atoms with Crippen molar-refractivity contribution in [3.05, 3.63) is 70.3 Å². The van der Waals surface area contributed by atoms with Crippen LogP contribution in [-0.4, -0.2) is 23.3 Å². The van der Waals surface area contributed by atoms with Crippen molar-refractivity contribution in [3.63, 3.8) is 0 Å². The summed E-state index contributed by atoms with van der Waals surface area (Å²) in [5, 5.41) is 0. The molecule has 0 heterocycles. The maximum atomic E-state index is 14.4. The lowest BCUT2D eigenvalue weighted by Crippen LogP contribution is -2.39. The number of benzene rings is 2. The summed E-state index contributed by atoms with van der Waals surface area (Å²) in [5.74, 6) is -7.11. The zero-order valence-electron chi connectivity index (χ0n) is 16.7. The molecule has 0 spiro atoms. The van der Waals surface area contributed by atoms with Gasteiger partial charge in [0.2, 0.25) is 0 Å². The van der Waals surface area contributed by atoms with E-state index in [1.165, 1.54) is 0 Å². The lowest BCUT2D eigenvalue weighted by molar-refractivity contribution is -0.140. The van der Waals surface area contributed by atoms with Gasteiger partial charge in [0.1, 0.15) is 11.6 Å². The van der Waals surface area contributed by atoms with Gasteiger partial charge in [0.25, 0.3) is 11.8 Å². The van der Waals surface area contributed by atoms with E-state index < -0.39 is 64.6 Å². The Morgan fingerprint density at radius 3 is 1.47 bits per heavy atom. The fourth-order valence-electron chi connectivity index (χ4n) is 2.81. The zero-order valence-corrected chi connectivity index (χ0v) is 16.7. The second kappa shape index (κ2) is 9.25. The first kappa shape index (κ1) is 25.3. The fourth-order valence-corrected chi connectivity index (χ4v) is 2.81. The van der Waals surface area contributed by atoms with E-state index in [-0.39, 0.29) is 17.2 Å². The number of nitrogens with zero attached hydrogens (tertiary/aromatic N) is 1. The third kappa shape index (κ3) is 5.43. The van der Waals surface area contributed by atoms with Crippen LogP contribution in [0.15, 0.2) is 36.4 Å². The van der Waals surface area contributed by atoms with Gasteiger partial charge in [0.15, 0.2) is 0 Å². The van der Waals surface area contributed by atoms with Crippen molar-refractivity contribution in [2.75, 3.05) is 6.54 Å². The topological polar surface area (TPSA) is 37.4 Å². The third-order valence-corrected chi connectivity index (χ3v) is 4.49. The summed E-state index contributed by atoms with van der Waals surface area (Å²) in [7, 11) is 0. The van der Waals surface area contributed by atoms with Crippen LogP contribution < -0.4 is 0 Å². The zero-order chi connectivity index (χ0) is 24.4. The van der Waals surface area contributed by atoms with Crippen LogP contribution in [0.25, 0.3) is 0 Å². The molecule has 174 valence electrons. The Kier molecular flexibility index (Phi) is 7.31. The molecule has 0 saturated carbocycles. The third-order valence-electron chi connectivity index (χ3n) is 4.49. The lowest BCUT2D eigenvalue weighted by atomic mass is 10.0. The number of rotatable bonds is 5. The van der Waals surface area contributed by atoms with Crippen LogP contribution in [0.5, 0.6) is 0 Å². The van der Waals surface area contributed by atoms with Crippen molar-refractivity contribution < 1.29 is 44.7 Å². The highest BCUT2D eigenvalue weighted by Crippen LogP contribution is 2.34. The average molecular weight is 467 g/mol. The molecule has 0 bridgehead atoms. The van der Waals surface area contributed by atoms with Crippen LogP contribution in [-0.2, 0) is 12.4 Å². The smallest absolute Gasteiger partial charge is 0.274 e. The first-order chi connectivity index (χ1) is 14.7. The Hall–Kier alpha value is -2.98. The van der Waals surface area contributed by atoms with Gasteiger partial charge in [-0.3, -0.25) is 14.5 Å². The molecular weight excluding hydrogens is 450 g/mol. The number of halogens is 8. The van der Waals surface area contributed by atoms with E-state index in [1.807, 2.05) is 0 Å². The molecule has 0 fully saturated rings. The molecule has 2 amide bonds. The van der Waals surface area contributed by atoms with Crippen molar-refractivity contribution in [2.45, 2.75) is 32.6 Å². The van der Waals surface area contributed by atoms with Crippen LogP contribution in [0.2, 0.25) is 0 Å². The first-order valence-electron chi connectivity index (χ1n) is 9.23. The Labute approximate surface area is 177 Å². The average Bonchev–Trinajstić information content (AvgIpc) is 2.66. The molecule has 0 aliphatic heterocycles. The summed E-state index contributed by atoms with van der Waals surface area (Å²) in [5.41, 5.74) is -5.76. The predicted molar refractivity (Wildman–Crippen MR) is 97.6 cm³/mol. The second-order valence-electron chi connectivity index (χ2n) is 7.27. The number of hydrogen-bond donors (Lipinski definition) is 0. The van der Waals surface area contributed by atoms with Crippen molar-refractivity contribution in [3.8, 4) is 0 Å². The van der Waals surface area contributed by atoms with Crippen LogP contribution in [0.4, 0.5) is 35.1 Å². The molecule has 0 aromatic heterocycles. The van der Waals surface area contributed by atoms with Crippen molar-refractivity contribution >= 4 is 11.8 Å². The largest absolute Gasteiger partial charge is 0.419 e. The minimum Gasteiger partial charge on any atom is -0.274 e. The van der Waals surface area contributed by atoms with Gasteiger partial charge < -0.3 is 0 Å². The summed E-state index contributed by atoms with van der Waals surface area (Å²) in [6, 6.07) is 3.66. The quantitative estimate of drug-likeness (QED) is 0.381. The van der Waals surface area contributed by atoms with Crippen LogP contribution >= 0.6 is 0 Å². The molecule has 0 aliphatic carbocycles. The molecule has 0 saturated heterocycles. The van der Waals surface area contributed by atoms with E-state index in [2.05, 4.69) is 0 Å². The summed E-state index contributed by atoms with van der Waals surface area (Å²) >= 11 is 0. The highest BCUT2D eigenvalue weighted by molar-refractivity contribution is 6.10. The number of hydrogen-bond acceptors (Lipinski definition) is 2. The number of carbonyl (C=O) groups excluding carboxylic acids is 2. The summed E-state index contributed by atoms with van der Waals surface area (Å²) in [6.07, 6.45) is -10.2. The lowest BCUT2D eigenvalue weighted by Gasteiger charge is -2.23. The maximum Gasteiger partial charge on any atom is 0.419 e. The molecule has 32 heavy (non-hydrogen) atoms. The van der Waals surface area contributed by atoms with Gasteiger partial charge in [-0.05, 0) is 36.6 Å². The molecule has 11 heteroatoms. The van der Waals surface area contributed by atoms with Crippen molar-refractivity contribution in [1.82, 2.24) is 4.90 Å². The van der Waals surface area contributed by atoms with Gasteiger partial charge in [-0.15, -0.1) is 0 Å². The summed E-state index contributed by atoms with van der Waals surface area (Å²) in [4.78, 5) is 25.9. The Bertz CT molecular complexity index is 936. The second-order valence-corrected chi connectivity index (χ2v) is 7.27.